The first-order valence-corrected chi connectivity index (χ1v) is 8.79. The van der Waals surface area contributed by atoms with Gasteiger partial charge in [-0.15, -0.1) is 0 Å². The highest BCUT2D eigenvalue weighted by Gasteiger charge is 2.40. The molecule has 0 aromatic heterocycles. The molecule has 27 heavy (non-hydrogen) atoms. The van der Waals surface area contributed by atoms with Gasteiger partial charge in [0, 0.05) is 11.6 Å². The van der Waals surface area contributed by atoms with E-state index < -0.39 is 11.2 Å². The molecule has 1 aliphatic rings. The molecule has 0 unspecified atom stereocenters. The minimum absolute atomic E-state index is 0.319. The number of halogens is 1. The molecule has 0 amide bonds. The Morgan fingerprint density at radius 2 is 1.89 bits per heavy atom. The van der Waals surface area contributed by atoms with Crippen LogP contribution in [-0.4, -0.2) is 24.1 Å². The summed E-state index contributed by atoms with van der Waals surface area (Å²) >= 11 is 0. The van der Waals surface area contributed by atoms with Crippen molar-refractivity contribution in [3.63, 3.8) is 0 Å². The maximum Gasteiger partial charge on any atom is 0.127 e. The topological polar surface area (TPSA) is 51.1 Å². The molecule has 0 saturated carbocycles. The van der Waals surface area contributed by atoms with Crippen molar-refractivity contribution >= 4 is 16.5 Å². The van der Waals surface area contributed by atoms with Gasteiger partial charge in [0.1, 0.15) is 18.2 Å². The molecule has 1 heterocycles. The number of ether oxygens (including phenoxy) is 2. The van der Waals surface area contributed by atoms with E-state index in [0.29, 0.717) is 36.8 Å². The average Bonchev–Trinajstić information content (AvgIpc) is 2.65. The minimum atomic E-state index is -0.439. The molecular weight excluding hydrogens is 345 g/mol. The average molecular weight is 365 g/mol. The van der Waals surface area contributed by atoms with E-state index in [2.05, 4.69) is 17.3 Å². The molecule has 3 aromatic carbocycles. The van der Waals surface area contributed by atoms with Crippen LogP contribution in [0.2, 0.25) is 0 Å². The van der Waals surface area contributed by atoms with Crippen LogP contribution in [0.25, 0.3) is 10.8 Å². The van der Waals surface area contributed by atoms with E-state index in [0.717, 1.165) is 16.3 Å². The lowest BCUT2D eigenvalue weighted by atomic mass is 9.80. The Morgan fingerprint density at radius 3 is 2.59 bits per heavy atom. The van der Waals surface area contributed by atoms with Crippen molar-refractivity contribution in [3.8, 4) is 5.75 Å². The van der Waals surface area contributed by atoms with Crippen molar-refractivity contribution < 1.29 is 19.1 Å². The third-order valence-corrected chi connectivity index (χ3v) is 4.88. The lowest BCUT2D eigenvalue weighted by Crippen LogP contribution is -2.47. The lowest BCUT2D eigenvalue weighted by Gasteiger charge is -2.38. The third kappa shape index (κ3) is 3.51. The van der Waals surface area contributed by atoms with Crippen LogP contribution in [0.4, 0.5) is 4.39 Å². The lowest BCUT2D eigenvalue weighted by molar-refractivity contribution is -0.0592. The predicted octanol–water partition coefficient (Wildman–Crippen LogP) is 4.77. The second-order valence-electron chi connectivity index (χ2n) is 7.15. The van der Waals surface area contributed by atoms with Gasteiger partial charge in [-0.1, -0.05) is 41.6 Å². The van der Waals surface area contributed by atoms with Crippen molar-refractivity contribution in [3.05, 3.63) is 77.6 Å². The summed E-state index contributed by atoms with van der Waals surface area (Å²) in [5, 5.41) is 15.1. The summed E-state index contributed by atoms with van der Waals surface area (Å²) < 4.78 is 25.2. The zero-order valence-electron chi connectivity index (χ0n) is 15.0. The molecule has 1 N–H and O–H groups in total. The maximum atomic E-state index is 14.1. The first-order valence-electron chi connectivity index (χ1n) is 8.79. The summed E-state index contributed by atoms with van der Waals surface area (Å²) in [6.45, 7) is 3.12. The highest BCUT2D eigenvalue weighted by molar-refractivity contribution is 6.05. The molecule has 0 bridgehead atoms. The molecule has 0 aliphatic carbocycles. The van der Waals surface area contributed by atoms with Gasteiger partial charge in [-0.05, 0) is 41.5 Å². The van der Waals surface area contributed by atoms with E-state index in [4.69, 9.17) is 9.47 Å². The Labute approximate surface area is 156 Å². The Hall–Kier alpha value is -2.92. The second kappa shape index (κ2) is 7.00. The molecule has 1 fully saturated rings. The number of benzene rings is 3. The van der Waals surface area contributed by atoms with E-state index in [-0.39, 0.29) is 0 Å². The fourth-order valence-corrected chi connectivity index (χ4v) is 3.35. The molecule has 138 valence electrons. The van der Waals surface area contributed by atoms with E-state index >= 15 is 0 Å². The molecule has 0 radical (unpaired) electrons. The van der Waals surface area contributed by atoms with Crippen molar-refractivity contribution in [1.29, 1.82) is 0 Å². The summed E-state index contributed by atoms with van der Waals surface area (Å²) in [4.78, 5) is 0. The van der Waals surface area contributed by atoms with E-state index in [1.165, 1.54) is 12.1 Å². The molecular formula is C22H20FNO3. The van der Waals surface area contributed by atoms with Gasteiger partial charge in [0.15, 0.2) is 0 Å². The summed E-state index contributed by atoms with van der Waals surface area (Å²) in [7, 11) is 0. The monoisotopic (exact) mass is 365 g/mol. The zero-order valence-corrected chi connectivity index (χ0v) is 15.0. The smallest absolute Gasteiger partial charge is 0.127 e. The fraction of sp³-hybridized carbons (Fsp3) is 0.227. The van der Waals surface area contributed by atoms with Gasteiger partial charge in [0.25, 0.3) is 0 Å². The molecule has 3 aromatic rings. The van der Waals surface area contributed by atoms with E-state index in [9.17, 15) is 9.60 Å². The largest absolute Gasteiger partial charge is 0.489 e. The SMILES string of the molecule is CC1(/C(=N/O)c2cc(F)cc(OCc3ccc4ccccc4c3)c2)COC1. The van der Waals surface area contributed by atoms with Crippen LogP contribution in [0.15, 0.2) is 65.8 Å². The van der Waals surface area contributed by atoms with Crippen molar-refractivity contribution in [2.75, 3.05) is 13.2 Å². The van der Waals surface area contributed by atoms with Gasteiger partial charge in [0.2, 0.25) is 0 Å². The van der Waals surface area contributed by atoms with Gasteiger partial charge in [-0.2, -0.15) is 0 Å². The second-order valence-corrected chi connectivity index (χ2v) is 7.15. The Balaban J connectivity index is 1.56. The number of hydrogen-bond acceptors (Lipinski definition) is 4. The first kappa shape index (κ1) is 17.5. The van der Waals surface area contributed by atoms with Crippen molar-refractivity contribution in [1.82, 2.24) is 0 Å². The van der Waals surface area contributed by atoms with Gasteiger partial charge in [-0.25, -0.2) is 4.39 Å². The highest BCUT2D eigenvalue weighted by Crippen LogP contribution is 2.33. The molecule has 0 spiro atoms. The molecule has 5 heteroatoms. The summed E-state index contributed by atoms with van der Waals surface area (Å²) in [5.74, 6) is -0.0471. The summed E-state index contributed by atoms with van der Waals surface area (Å²) in [6, 6.07) is 18.6. The van der Waals surface area contributed by atoms with E-state index in [1.807, 2.05) is 37.3 Å². The van der Waals surface area contributed by atoms with Crippen LogP contribution in [0, 0.1) is 11.2 Å². The number of oxime groups is 1. The normalized spacial score (nSPS) is 16.1. The van der Waals surface area contributed by atoms with E-state index in [1.54, 1.807) is 6.07 Å². The zero-order chi connectivity index (χ0) is 18.9. The van der Waals surface area contributed by atoms with Crippen LogP contribution >= 0.6 is 0 Å². The molecule has 0 atom stereocenters. The fourth-order valence-electron chi connectivity index (χ4n) is 3.35. The predicted molar refractivity (Wildman–Crippen MR) is 102 cm³/mol. The first-order chi connectivity index (χ1) is 13.1. The maximum absolute atomic E-state index is 14.1. The van der Waals surface area contributed by atoms with Gasteiger partial charge in [0.05, 0.1) is 24.3 Å². The molecule has 1 aliphatic heterocycles. The quantitative estimate of drug-likeness (QED) is 0.402. The van der Waals surface area contributed by atoms with Crippen LogP contribution < -0.4 is 4.74 Å². The van der Waals surface area contributed by atoms with Crippen molar-refractivity contribution in [2.24, 2.45) is 10.6 Å². The van der Waals surface area contributed by atoms with Crippen molar-refractivity contribution in [2.45, 2.75) is 13.5 Å². The Kier molecular flexibility index (Phi) is 4.54. The summed E-state index contributed by atoms with van der Waals surface area (Å²) in [5.41, 5.74) is 1.48. The Bertz CT molecular complexity index is 1010. The van der Waals surface area contributed by atoms with Crippen LogP contribution in [-0.2, 0) is 11.3 Å². The number of rotatable bonds is 5. The van der Waals surface area contributed by atoms with Crippen LogP contribution in [0.5, 0.6) is 5.75 Å². The number of hydrogen-bond donors (Lipinski definition) is 1. The third-order valence-electron chi connectivity index (χ3n) is 4.88. The van der Waals surface area contributed by atoms with Crippen LogP contribution in [0.1, 0.15) is 18.1 Å². The minimum Gasteiger partial charge on any atom is -0.489 e. The standard InChI is InChI=1S/C22H20FNO3/c1-22(13-26-14-22)21(24-25)18-9-19(23)11-20(10-18)27-12-15-6-7-16-4-2-3-5-17(16)8-15/h2-11,25H,12-14H2,1H3/b24-21+. The summed E-state index contributed by atoms with van der Waals surface area (Å²) in [6.07, 6.45) is 0. The van der Waals surface area contributed by atoms with Gasteiger partial charge in [-0.3, -0.25) is 0 Å². The highest BCUT2D eigenvalue weighted by atomic mass is 19.1. The Morgan fingerprint density at radius 1 is 1.11 bits per heavy atom. The van der Waals surface area contributed by atoms with Crippen LogP contribution in [0.3, 0.4) is 0 Å². The molecule has 4 nitrogen and oxygen atoms in total. The number of fused-ring (bicyclic) bond motifs is 1. The van der Waals surface area contributed by atoms with Gasteiger partial charge < -0.3 is 14.7 Å². The number of nitrogens with zero attached hydrogens (tertiary/aromatic N) is 1. The molecule has 4 rings (SSSR count). The van der Waals surface area contributed by atoms with Gasteiger partial charge >= 0.3 is 0 Å². The molecule has 1 saturated heterocycles.